The van der Waals surface area contributed by atoms with Crippen molar-refractivity contribution in [1.82, 2.24) is 0 Å². The molecular formula is C15H15FO4S. The molecule has 0 unspecified atom stereocenters. The second-order valence-corrected chi connectivity index (χ2v) is 6.23. The second kappa shape index (κ2) is 6.34. The maximum absolute atomic E-state index is 12.8. The lowest BCUT2D eigenvalue weighted by Gasteiger charge is -2.12. The van der Waals surface area contributed by atoms with Crippen molar-refractivity contribution in [2.75, 3.05) is 6.61 Å². The van der Waals surface area contributed by atoms with Crippen LogP contribution in [0.15, 0.2) is 53.4 Å². The minimum Gasteiger partial charge on any atom is -0.386 e. The third-order valence-electron chi connectivity index (χ3n) is 2.95. The Bertz CT molecular complexity index is 693. The number of aryl methyl sites for hydroxylation is 1. The maximum Gasteiger partial charge on any atom is 0.297 e. The van der Waals surface area contributed by atoms with Crippen LogP contribution in [0.3, 0.4) is 0 Å². The number of rotatable bonds is 5. The summed E-state index contributed by atoms with van der Waals surface area (Å²) in [5.74, 6) is -0.431. The summed E-state index contributed by atoms with van der Waals surface area (Å²) in [5.41, 5.74) is 1.32. The van der Waals surface area contributed by atoms with Crippen LogP contribution in [0.4, 0.5) is 4.39 Å². The summed E-state index contributed by atoms with van der Waals surface area (Å²) in [6.45, 7) is 1.41. The van der Waals surface area contributed by atoms with Gasteiger partial charge in [-0.05, 0) is 36.8 Å². The molecule has 0 aliphatic rings. The van der Waals surface area contributed by atoms with Crippen LogP contribution in [0.2, 0.25) is 0 Å². The first-order valence-electron chi connectivity index (χ1n) is 6.28. The molecule has 0 spiro atoms. The lowest BCUT2D eigenvalue weighted by atomic mass is 10.1. The summed E-state index contributed by atoms with van der Waals surface area (Å²) < 4.78 is 41.5. The molecule has 21 heavy (non-hydrogen) atoms. The molecule has 0 bridgehead atoms. The molecule has 112 valence electrons. The maximum atomic E-state index is 12.8. The van der Waals surface area contributed by atoms with Crippen LogP contribution >= 0.6 is 0 Å². The van der Waals surface area contributed by atoms with E-state index in [9.17, 15) is 17.9 Å². The van der Waals surface area contributed by atoms with Crippen molar-refractivity contribution in [3.63, 3.8) is 0 Å². The highest BCUT2D eigenvalue weighted by Gasteiger charge is 2.18. The molecule has 0 heterocycles. The first-order chi connectivity index (χ1) is 9.88. The zero-order valence-electron chi connectivity index (χ0n) is 11.4. The van der Waals surface area contributed by atoms with Gasteiger partial charge in [0.15, 0.2) is 0 Å². The van der Waals surface area contributed by atoms with E-state index in [1.54, 1.807) is 12.1 Å². The largest absolute Gasteiger partial charge is 0.386 e. The van der Waals surface area contributed by atoms with Crippen molar-refractivity contribution >= 4 is 10.1 Å². The number of benzene rings is 2. The van der Waals surface area contributed by atoms with Crippen LogP contribution in [-0.4, -0.2) is 20.1 Å². The zero-order chi connectivity index (χ0) is 15.5. The van der Waals surface area contributed by atoms with E-state index in [1.807, 2.05) is 6.92 Å². The molecule has 1 N–H and O–H groups in total. The second-order valence-electron chi connectivity index (χ2n) is 4.62. The van der Waals surface area contributed by atoms with Crippen LogP contribution in [0.25, 0.3) is 0 Å². The highest BCUT2D eigenvalue weighted by molar-refractivity contribution is 7.86. The third-order valence-corrected chi connectivity index (χ3v) is 4.24. The molecule has 0 amide bonds. The molecule has 2 aromatic rings. The molecule has 0 aromatic heterocycles. The predicted molar refractivity (Wildman–Crippen MR) is 75.7 cm³/mol. The van der Waals surface area contributed by atoms with Crippen LogP contribution in [0, 0.1) is 12.7 Å². The first-order valence-corrected chi connectivity index (χ1v) is 7.69. The van der Waals surface area contributed by atoms with Crippen molar-refractivity contribution in [3.8, 4) is 0 Å². The number of hydrogen-bond donors (Lipinski definition) is 1. The van der Waals surface area contributed by atoms with E-state index < -0.39 is 28.6 Å². The Hall–Kier alpha value is -1.76. The lowest BCUT2D eigenvalue weighted by Crippen LogP contribution is -2.13. The predicted octanol–water partition coefficient (Wildman–Crippen LogP) is 2.57. The Morgan fingerprint density at radius 2 is 1.67 bits per heavy atom. The van der Waals surface area contributed by atoms with Gasteiger partial charge in [-0.25, -0.2) is 4.39 Å². The molecule has 6 heteroatoms. The van der Waals surface area contributed by atoms with Crippen molar-refractivity contribution in [2.24, 2.45) is 0 Å². The summed E-state index contributed by atoms with van der Waals surface area (Å²) in [7, 11) is -3.92. The van der Waals surface area contributed by atoms with Gasteiger partial charge in [0.05, 0.1) is 11.5 Å². The van der Waals surface area contributed by atoms with E-state index in [1.165, 1.54) is 36.4 Å². The van der Waals surface area contributed by atoms with E-state index in [2.05, 4.69) is 0 Å². The van der Waals surface area contributed by atoms with Gasteiger partial charge in [-0.3, -0.25) is 4.18 Å². The summed E-state index contributed by atoms with van der Waals surface area (Å²) in [6, 6.07) is 11.3. The van der Waals surface area contributed by atoms with Crippen molar-refractivity contribution in [1.29, 1.82) is 0 Å². The van der Waals surface area contributed by atoms with E-state index in [0.717, 1.165) is 5.56 Å². The molecule has 4 nitrogen and oxygen atoms in total. The van der Waals surface area contributed by atoms with Gasteiger partial charge in [-0.15, -0.1) is 0 Å². The lowest BCUT2D eigenvalue weighted by molar-refractivity contribution is 0.111. The zero-order valence-corrected chi connectivity index (χ0v) is 12.2. The van der Waals surface area contributed by atoms with Gasteiger partial charge in [0.2, 0.25) is 0 Å². The van der Waals surface area contributed by atoms with Crippen molar-refractivity contribution in [2.45, 2.75) is 17.9 Å². The molecule has 2 aromatic carbocycles. The molecule has 2 rings (SSSR count). The molecule has 0 saturated heterocycles. The van der Waals surface area contributed by atoms with Crippen LogP contribution in [0.5, 0.6) is 0 Å². The Morgan fingerprint density at radius 1 is 1.10 bits per heavy atom. The van der Waals surface area contributed by atoms with Gasteiger partial charge in [0.1, 0.15) is 11.9 Å². The van der Waals surface area contributed by atoms with E-state index in [4.69, 9.17) is 4.18 Å². The van der Waals surface area contributed by atoms with Crippen molar-refractivity contribution in [3.05, 3.63) is 65.5 Å². The Labute approximate surface area is 122 Å². The number of aliphatic hydroxyl groups excluding tert-OH is 1. The molecule has 0 fully saturated rings. The van der Waals surface area contributed by atoms with Gasteiger partial charge in [-0.2, -0.15) is 8.42 Å². The number of hydrogen-bond acceptors (Lipinski definition) is 4. The monoisotopic (exact) mass is 310 g/mol. The smallest absolute Gasteiger partial charge is 0.297 e. The van der Waals surface area contributed by atoms with Gasteiger partial charge >= 0.3 is 0 Å². The first kappa shape index (κ1) is 15.6. The average Bonchev–Trinajstić information content (AvgIpc) is 2.46. The van der Waals surface area contributed by atoms with E-state index >= 15 is 0 Å². The van der Waals surface area contributed by atoms with Gasteiger partial charge in [0.25, 0.3) is 10.1 Å². The Kier molecular flexibility index (Phi) is 4.72. The van der Waals surface area contributed by atoms with Gasteiger partial charge in [0, 0.05) is 0 Å². The number of aliphatic hydroxyl groups is 1. The third kappa shape index (κ3) is 4.10. The molecule has 0 saturated carbocycles. The molecule has 1 atom stereocenters. The summed E-state index contributed by atoms with van der Waals surface area (Å²) in [6.07, 6.45) is -1.15. The number of halogens is 1. The minimum atomic E-state index is -3.92. The van der Waals surface area contributed by atoms with Gasteiger partial charge < -0.3 is 5.11 Å². The van der Waals surface area contributed by atoms with E-state index in [-0.39, 0.29) is 4.90 Å². The topological polar surface area (TPSA) is 63.6 Å². The molecule has 0 radical (unpaired) electrons. The standard InChI is InChI=1S/C15H15FO4S/c1-11-2-8-14(9-3-11)21(18,19)20-10-15(17)12-4-6-13(16)7-5-12/h2-9,15,17H,10H2,1H3/t15-/m1/s1. The normalized spacial score (nSPS) is 13.1. The van der Waals surface area contributed by atoms with Crippen molar-refractivity contribution < 1.29 is 22.1 Å². The minimum absolute atomic E-state index is 0.0272. The fraction of sp³-hybridized carbons (Fsp3) is 0.200. The quantitative estimate of drug-likeness (QED) is 0.862. The average molecular weight is 310 g/mol. The summed E-state index contributed by atoms with van der Waals surface area (Å²) >= 11 is 0. The van der Waals surface area contributed by atoms with Crippen LogP contribution in [-0.2, 0) is 14.3 Å². The molecular weight excluding hydrogens is 295 g/mol. The fourth-order valence-electron chi connectivity index (χ4n) is 1.71. The van der Waals surface area contributed by atoms with Crippen LogP contribution < -0.4 is 0 Å². The Morgan fingerprint density at radius 3 is 2.24 bits per heavy atom. The molecule has 0 aliphatic carbocycles. The van der Waals surface area contributed by atoms with E-state index in [0.29, 0.717) is 5.56 Å². The summed E-state index contributed by atoms with van der Waals surface area (Å²) in [4.78, 5) is 0.0272. The highest BCUT2D eigenvalue weighted by atomic mass is 32.2. The fourth-order valence-corrected chi connectivity index (χ4v) is 2.62. The SMILES string of the molecule is Cc1ccc(S(=O)(=O)OC[C@@H](O)c2ccc(F)cc2)cc1. The molecule has 0 aliphatic heterocycles. The summed E-state index contributed by atoms with van der Waals surface area (Å²) in [5, 5.41) is 9.85. The highest BCUT2D eigenvalue weighted by Crippen LogP contribution is 2.18. The van der Waals surface area contributed by atoms with Crippen LogP contribution in [0.1, 0.15) is 17.2 Å². The Balaban J connectivity index is 2.04. The van der Waals surface area contributed by atoms with Gasteiger partial charge in [-0.1, -0.05) is 29.8 Å².